The van der Waals surface area contributed by atoms with Crippen LogP contribution in [0, 0.1) is 5.41 Å². The van der Waals surface area contributed by atoms with Gasteiger partial charge in [0.15, 0.2) is 0 Å². The third-order valence-electron chi connectivity index (χ3n) is 6.16. The molecular weight excluding hydrogens is 336 g/mol. The molecule has 2 aliphatic heterocycles. The van der Waals surface area contributed by atoms with E-state index in [1.807, 2.05) is 16.5 Å². The summed E-state index contributed by atoms with van der Waals surface area (Å²) in [6.45, 7) is 5.00. The second kappa shape index (κ2) is 6.95. The Bertz CT molecular complexity index is 600. The number of morpholine rings is 1. The van der Waals surface area contributed by atoms with Gasteiger partial charge < -0.3 is 14.5 Å². The van der Waals surface area contributed by atoms with Crippen molar-refractivity contribution >= 4 is 17.2 Å². The molecule has 1 amide bonds. The van der Waals surface area contributed by atoms with Gasteiger partial charge in [0, 0.05) is 43.8 Å². The highest BCUT2D eigenvalue weighted by Crippen LogP contribution is 2.56. The zero-order chi connectivity index (χ0) is 17.4. The third-order valence-corrected chi connectivity index (χ3v) is 6.93. The van der Waals surface area contributed by atoms with Crippen molar-refractivity contribution in [1.82, 2.24) is 19.7 Å². The average Bonchev–Trinajstić information content (AvgIpc) is 3.06. The molecule has 0 radical (unpaired) electrons. The van der Waals surface area contributed by atoms with Crippen molar-refractivity contribution in [2.45, 2.75) is 38.0 Å². The fraction of sp³-hybridized carbons (Fsp3) is 0.778. The molecule has 4 rings (SSSR count). The van der Waals surface area contributed by atoms with Gasteiger partial charge in [0.25, 0.3) is 5.91 Å². The highest BCUT2D eigenvalue weighted by Gasteiger charge is 2.57. The molecule has 7 heteroatoms. The first-order valence-corrected chi connectivity index (χ1v) is 10.1. The van der Waals surface area contributed by atoms with Crippen LogP contribution in [0.25, 0.3) is 0 Å². The van der Waals surface area contributed by atoms with Crippen molar-refractivity contribution in [3.05, 3.63) is 16.6 Å². The lowest BCUT2D eigenvalue weighted by Gasteiger charge is -2.37. The number of amides is 1. The molecule has 0 unspecified atom stereocenters. The van der Waals surface area contributed by atoms with Crippen molar-refractivity contribution in [3.63, 3.8) is 0 Å². The van der Waals surface area contributed by atoms with Crippen LogP contribution in [0.1, 0.15) is 24.3 Å². The van der Waals surface area contributed by atoms with E-state index in [4.69, 9.17) is 4.74 Å². The first-order valence-electron chi connectivity index (χ1n) is 9.25. The number of thiazole rings is 1. The Kier molecular flexibility index (Phi) is 4.83. The molecule has 2 saturated heterocycles. The Balaban J connectivity index is 1.28. The summed E-state index contributed by atoms with van der Waals surface area (Å²) in [6.07, 6.45) is 5.11. The molecule has 1 aliphatic carbocycles. The SMILES string of the molecule is CN1CCO[C@H](C(=O)N2CCC3(CC2)C[C@H]3N(C)Cc2nccs2)C1. The van der Waals surface area contributed by atoms with Gasteiger partial charge in [0.2, 0.25) is 0 Å². The second-order valence-corrected chi connectivity index (χ2v) is 8.85. The normalized spacial score (nSPS) is 29.3. The standard InChI is InChI=1S/C18H28N4O2S/c1-20-8-9-24-14(12-20)17(23)22-6-3-18(4-7-22)11-15(18)21(2)13-16-19-5-10-25-16/h5,10,14-15H,3-4,6-9,11-13H2,1-2H3/t14-,15+/m0/s1. The van der Waals surface area contributed by atoms with Crippen LogP contribution in [0.5, 0.6) is 0 Å². The fourth-order valence-electron chi connectivity index (χ4n) is 4.44. The van der Waals surface area contributed by atoms with Crippen molar-refractivity contribution in [2.24, 2.45) is 5.41 Å². The number of carbonyl (C=O) groups is 1. The van der Waals surface area contributed by atoms with Crippen molar-refractivity contribution in [1.29, 1.82) is 0 Å². The molecule has 1 aromatic heterocycles. The number of likely N-dealkylation sites (tertiary alicyclic amines) is 1. The van der Waals surface area contributed by atoms with E-state index in [2.05, 4.69) is 28.9 Å². The van der Waals surface area contributed by atoms with Crippen LogP contribution in [-0.4, -0.2) is 84.6 Å². The Morgan fingerprint density at radius 1 is 1.44 bits per heavy atom. The molecule has 0 N–H and O–H groups in total. The minimum Gasteiger partial charge on any atom is -0.366 e. The van der Waals surface area contributed by atoms with Gasteiger partial charge in [-0.1, -0.05) is 0 Å². The largest absolute Gasteiger partial charge is 0.366 e. The van der Waals surface area contributed by atoms with Gasteiger partial charge in [-0.25, -0.2) is 4.98 Å². The van der Waals surface area contributed by atoms with E-state index in [9.17, 15) is 4.79 Å². The number of piperidine rings is 1. The maximum atomic E-state index is 12.7. The molecule has 25 heavy (non-hydrogen) atoms. The van der Waals surface area contributed by atoms with Crippen molar-refractivity contribution in [2.75, 3.05) is 46.9 Å². The smallest absolute Gasteiger partial charge is 0.253 e. The first-order chi connectivity index (χ1) is 12.1. The number of rotatable bonds is 4. The molecule has 2 atom stereocenters. The lowest BCUT2D eigenvalue weighted by atomic mass is 9.92. The van der Waals surface area contributed by atoms with E-state index in [1.54, 1.807) is 11.3 Å². The Labute approximate surface area is 153 Å². The van der Waals surface area contributed by atoms with Gasteiger partial charge in [-0.2, -0.15) is 0 Å². The molecule has 3 fully saturated rings. The summed E-state index contributed by atoms with van der Waals surface area (Å²) in [4.78, 5) is 23.8. The van der Waals surface area contributed by atoms with Gasteiger partial charge in [-0.15, -0.1) is 11.3 Å². The number of nitrogens with zero attached hydrogens (tertiary/aromatic N) is 4. The number of ether oxygens (including phenoxy) is 1. The lowest BCUT2D eigenvalue weighted by molar-refractivity contribution is -0.150. The average molecular weight is 365 g/mol. The minimum absolute atomic E-state index is 0.190. The van der Waals surface area contributed by atoms with E-state index in [1.165, 1.54) is 11.4 Å². The van der Waals surface area contributed by atoms with Gasteiger partial charge >= 0.3 is 0 Å². The fourth-order valence-corrected chi connectivity index (χ4v) is 5.12. The molecule has 0 bridgehead atoms. The van der Waals surface area contributed by atoms with E-state index in [0.29, 0.717) is 18.1 Å². The lowest BCUT2D eigenvalue weighted by Crippen LogP contribution is -2.52. The van der Waals surface area contributed by atoms with Crippen LogP contribution >= 0.6 is 11.3 Å². The third kappa shape index (κ3) is 3.60. The number of hydrogen-bond acceptors (Lipinski definition) is 6. The van der Waals surface area contributed by atoms with Gasteiger partial charge in [-0.05, 0) is 38.8 Å². The molecule has 6 nitrogen and oxygen atoms in total. The zero-order valence-electron chi connectivity index (χ0n) is 15.2. The van der Waals surface area contributed by atoms with Gasteiger partial charge in [-0.3, -0.25) is 9.69 Å². The molecule has 3 heterocycles. The monoisotopic (exact) mass is 364 g/mol. The topological polar surface area (TPSA) is 48.9 Å². The van der Waals surface area contributed by atoms with E-state index < -0.39 is 0 Å². The number of carbonyl (C=O) groups excluding carboxylic acids is 1. The second-order valence-electron chi connectivity index (χ2n) is 7.87. The number of hydrogen-bond donors (Lipinski definition) is 0. The Hall–Kier alpha value is -1.02. The zero-order valence-corrected chi connectivity index (χ0v) is 16.0. The predicted molar refractivity (Wildman–Crippen MR) is 97.5 cm³/mol. The van der Waals surface area contributed by atoms with Crippen molar-refractivity contribution < 1.29 is 9.53 Å². The molecular formula is C18H28N4O2S. The first kappa shape index (κ1) is 17.4. The van der Waals surface area contributed by atoms with Crippen molar-refractivity contribution in [3.8, 4) is 0 Å². The summed E-state index contributed by atoms with van der Waals surface area (Å²) < 4.78 is 5.70. The maximum absolute atomic E-state index is 12.7. The van der Waals surface area contributed by atoms with Crippen LogP contribution < -0.4 is 0 Å². The van der Waals surface area contributed by atoms with Gasteiger partial charge in [0.05, 0.1) is 13.2 Å². The molecule has 1 aromatic rings. The van der Waals surface area contributed by atoms with Gasteiger partial charge in [0.1, 0.15) is 11.1 Å². The summed E-state index contributed by atoms with van der Waals surface area (Å²) in [5.41, 5.74) is 0.424. The van der Waals surface area contributed by atoms with E-state index >= 15 is 0 Å². The maximum Gasteiger partial charge on any atom is 0.253 e. The minimum atomic E-state index is -0.268. The van der Waals surface area contributed by atoms with Crippen LogP contribution in [0.15, 0.2) is 11.6 Å². The van der Waals surface area contributed by atoms with Crippen LogP contribution in [0.3, 0.4) is 0 Å². The predicted octanol–water partition coefficient (Wildman–Crippen LogP) is 1.29. The molecule has 1 saturated carbocycles. The van der Waals surface area contributed by atoms with E-state index in [-0.39, 0.29) is 12.0 Å². The number of likely N-dealkylation sites (N-methyl/N-ethyl adjacent to an activating group) is 1. The van der Waals surface area contributed by atoms with Crippen LogP contribution in [-0.2, 0) is 16.1 Å². The molecule has 1 spiro atoms. The summed E-state index contributed by atoms with van der Waals surface area (Å²) >= 11 is 1.73. The molecule has 3 aliphatic rings. The van der Waals surface area contributed by atoms with Crippen LogP contribution in [0.2, 0.25) is 0 Å². The summed E-state index contributed by atoms with van der Waals surface area (Å²) in [6, 6.07) is 0.644. The Morgan fingerprint density at radius 3 is 2.92 bits per heavy atom. The number of aromatic nitrogens is 1. The van der Waals surface area contributed by atoms with E-state index in [0.717, 1.165) is 45.6 Å². The summed E-state index contributed by atoms with van der Waals surface area (Å²) in [7, 11) is 4.27. The molecule has 138 valence electrons. The quantitative estimate of drug-likeness (QED) is 0.806. The summed E-state index contributed by atoms with van der Waals surface area (Å²) in [5.74, 6) is 0.190. The summed E-state index contributed by atoms with van der Waals surface area (Å²) in [5, 5.41) is 3.23. The molecule has 0 aromatic carbocycles. The highest BCUT2D eigenvalue weighted by molar-refractivity contribution is 7.09. The highest BCUT2D eigenvalue weighted by atomic mass is 32.1. The van der Waals surface area contributed by atoms with Crippen LogP contribution in [0.4, 0.5) is 0 Å². The Morgan fingerprint density at radius 2 is 2.24 bits per heavy atom.